The van der Waals surface area contributed by atoms with Gasteiger partial charge in [-0.1, -0.05) is 44.9 Å². The number of aliphatic hydroxyl groups excluding tert-OH is 1. The largest absolute Gasteiger partial charge is 0.386 e. The number of hydrogen-bond acceptors (Lipinski definition) is 3. The number of imide groups is 1. The van der Waals surface area contributed by atoms with Gasteiger partial charge in [0.2, 0.25) is 0 Å². The van der Waals surface area contributed by atoms with Gasteiger partial charge in [0.05, 0.1) is 12.6 Å². The monoisotopic (exact) mass is 322 g/mol. The van der Waals surface area contributed by atoms with Crippen molar-refractivity contribution in [3.63, 3.8) is 0 Å². The van der Waals surface area contributed by atoms with Crippen molar-refractivity contribution < 1.29 is 19.1 Å². The van der Waals surface area contributed by atoms with E-state index in [1.165, 1.54) is 18.2 Å². The van der Waals surface area contributed by atoms with Crippen LogP contribution in [0, 0.1) is 5.82 Å². The van der Waals surface area contributed by atoms with Crippen molar-refractivity contribution in [1.82, 2.24) is 10.2 Å². The van der Waals surface area contributed by atoms with Crippen LogP contribution in [-0.2, 0) is 4.79 Å². The fraction of sp³-hybridized carbons (Fsp3) is 0.529. The highest BCUT2D eigenvalue weighted by atomic mass is 19.1. The molecule has 0 aromatic heterocycles. The lowest BCUT2D eigenvalue weighted by Gasteiger charge is -2.26. The van der Waals surface area contributed by atoms with E-state index in [-0.39, 0.29) is 18.0 Å². The maximum absolute atomic E-state index is 13.7. The Labute approximate surface area is 135 Å². The zero-order chi connectivity index (χ0) is 17.0. The first-order valence-electron chi connectivity index (χ1n) is 8.01. The maximum Gasteiger partial charge on any atom is 0.325 e. The lowest BCUT2D eigenvalue weighted by molar-refractivity contribution is -0.132. The second kappa shape index (κ2) is 7.08. The second-order valence-corrected chi connectivity index (χ2v) is 5.97. The van der Waals surface area contributed by atoms with Gasteiger partial charge >= 0.3 is 6.03 Å². The van der Waals surface area contributed by atoms with Gasteiger partial charge < -0.3 is 10.4 Å². The predicted octanol–water partition coefficient (Wildman–Crippen LogP) is 2.75. The summed E-state index contributed by atoms with van der Waals surface area (Å²) >= 11 is 0. The number of amides is 3. The van der Waals surface area contributed by atoms with E-state index in [0.717, 1.165) is 17.7 Å². The molecule has 1 aromatic carbocycles. The molecule has 1 saturated heterocycles. The van der Waals surface area contributed by atoms with Crippen molar-refractivity contribution in [1.29, 1.82) is 0 Å². The molecular formula is C17H23FN2O3. The van der Waals surface area contributed by atoms with Gasteiger partial charge in [-0.05, 0) is 18.9 Å². The number of rotatable bonds is 7. The quantitative estimate of drug-likeness (QED) is 0.758. The SMILES string of the molecule is CCCC1(CCC)NC(=O)N(C[C@H](O)c2ccccc2F)C1=O. The van der Waals surface area contributed by atoms with E-state index in [9.17, 15) is 19.1 Å². The standard InChI is InChI=1S/C17H23FN2O3/c1-3-9-17(10-4-2)15(22)20(16(23)19-17)11-14(21)12-7-5-6-8-13(12)18/h5-8,14,21H,3-4,9-11H2,1-2H3,(H,19,23)/t14-/m0/s1. The van der Waals surface area contributed by atoms with Crippen LogP contribution < -0.4 is 5.32 Å². The number of nitrogens with one attached hydrogen (secondary N) is 1. The van der Waals surface area contributed by atoms with E-state index in [1.807, 2.05) is 13.8 Å². The van der Waals surface area contributed by atoms with E-state index in [1.54, 1.807) is 6.07 Å². The van der Waals surface area contributed by atoms with Crippen LogP contribution in [0.4, 0.5) is 9.18 Å². The predicted molar refractivity (Wildman–Crippen MR) is 84.2 cm³/mol. The van der Waals surface area contributed by atoms with Crippen LogP contribution in [0.3, 0.4) is 0 Å². The van der Waals surface area contributed by atoms with Crippen molar-refractivity contribution in [3.8, 4) is 0 Å². The van der Waals surface area contributed by atoms with Crippen LogP contribution in [0.1, 0.15) is 51.2 Å². The topological polar surface area (TPSA) is 69.6 Å². The zero-order valence-electron chi connectivity index (χ0n) is 13.5. The zero-order valence-corrected chi connectivity index (χ0v) is 13.5. The van der Waals surface area contributed by atoms with Crippen LogP contribution in [0.15, 0.2) is 24.3 Å². The molecule has 0 unspecified atom stereocenters. The number of carbonyl (C=O) groups is 2. The Balaban J connectivity index is 2.18. The molecule has 1 heterocycles. The van der Waals surface area contributed by atoms with Gasteiger partial charge in [0, 0.05) is 5.56 Å². The van der Waals surface area contributed by atoms with Crippen LogP contribution in [-0.4, -0.2) is 34.0 Å². The van der Waals surface area contributed by atoms with E-state index in [4.69, 9.17) is 0 Å². The first kappa shape index (κ1) is 17.4. The summed E-state index contributed by atoms with van der Waals surface area (Å²) in [4.78, 5) is 25.9. The third-order valence-electron chi connectivity index (χ3n) is 4.22. The first-order valence-corrected chi connectivity index (χ1v) is 8.01. The third-order valence-corrected chi connectivity index (χ3v) is 4.22. The molecule has 1 aromatic rings. The fourth-order valence-electron chi connectivity index (χ4n) is 3.18. The molecule has 2 N–H and O–H groups in total. The molecule has 1 fully saturated rings. The number of β-amino-alcohol motifs (C(OH)–C–C–N with tert-alkyl or cyclic N) is 1. The highest BCUT2D eigenvalue weighted by Crippen LogP contribution is 2.29. The molecule has 0 radical (unpaired) electrons. The molecule has 0 spiro atoms. The highest BCUT2D eigenvalue weighted by molar-refractivity contribution is 6.07. The summed E-state index contributed by atoms with van der Waals surface area (Å²) in [6.45, 7) is 3.65. The summed E-state index contributed by atoms with van der Waals surface area (Å²) in [5.74, 6) is -0.887. The Bertz CT molecular complexity index is 585. The minimum absolute atomic E-state index is 0.0802. The lowest BCUT2D eigenvalue weighted by atomic mass is 9.88. The molecule has 3 amide bonds. The van der Waals surface area contributed by atoms with Gasteiger partial charge in [-0.2, -0.15) is 0 Å². The minimum atomic E-state index is -1.25. The third kappa shape index (κ3) is 3.37. The van der Waals surface area contributed by atoms with Gasteiger partial charge in [0.1, 0.15) is 11.4 Å². The summed E-state index contributed by atoms with van der Waals surface area (Å²) in [6, 6.07) is 5.29. The average Bonchev–Trinajstić information content (AvgIpc) is 2.73. The number of carbonyl (C=O) groups excluding carboxylic acids is 2. The number of nitrogens with zero attached hydrogens (tertiary/aromatic N) is 1. The average molecular weight is 322 g/mol. The number of urea groups is 1. The normalized spacial score (nSPS) is 18.2. The number of benzene rings is 1. The molecule has 1 atom stereocenters. The Morgan fingerprint density at radius 3 is 2.39 bits per heavy atom. The molecule has 23 heavy (non-hydrogen) atoms. The van der Waals surface area contributed by atoms with E-state index in [2.05, 4.69) is 5.32 Å². The Morgan fingerprint density at radius 2 is 1.83 bits per heavy atom. The summed E-state index contributed by atoms with van der Waals surface area (Å²) in [5, 5.41) is 13.0. The Kier molecular flexibility index (Phi) is 5.36. The van der Waals surface area contributed by atoms with Gasteiger partial charge in [-0.3, -0.25) is 9.69 Å². The molecule has 5 nitrogen and oxygen atoms in total. The molecule has 0 aliphatic carbocycles. The van der Waals surface area contributed by atoms with Crippen molar-refractivity contribution in [2.24, 2.45) is 0 Å². The number of halogens is 1. The van der Waals surface area contributed by atoms with Crippen molar-refractivity contribution in [3.05, 3.63) is 35.6 Å². The smallest absolute Gasteiger partial charge is 0.325 e. The minimum Gasteiger partial charge on any atom is -0.386 e. The molecule has 126 valence electrons. The van der Waals surface area contributed by atoms with Gasteiger partial charge in [-0.25, -0.2) is 9.18 Å². The van der Waals surface area contributed by atoms with Crippen molar-refractivity contribution in [2.45, 2.75) is 51.2 Å². The van der Waals surface area contributed by atoms with Crippen LogP contribution in [0.5, 0.6) is 0 Å². The molecule has 0 saturated carbocycles. The van der Waals surface area contributed by atoms with Crippen LogP contribution in [0.25, 0.3) is 0 Å². The summed E-state index contributed by atoms with van der Waals surface area (Å²) in [6.07, 6.45) is 1.38. The molecule has 6 heteroatoms. The van der Waals surface area contributed by atoms with Crippen LogP contribution >= 0.6 is 0 Å². The lowest BCUT2D eigenvalue weighted by Crippen LogP contribution is -2.47. The highest BCUT2D eigenvalue weighted by Gasteiger charge is 2.50. The first-order chi connectivity index (χ1) is 10.9. The summed E-state index contributed by atoms with van der Waals surface area (Å²) < 4.78 is 13.7. The van der Waals surface area contributed by atoms with E-state index in [0.29, 0.717) is 12.8 Å². The number of aliphatic hydroxyl groups is 1. The molecule has 1 aliphatic rings. The molecule has 2 rings (SSSR count). The van der Waals surface area contributed by atoms with E-state index >= 15 is 0 Å². The summed E-state index contributed by atoms with van der Waals surface area (Å²) in [5.41, 5.74) is -0.813. The van der Waals surface area contributed by atoms with Gasteiger partial charge in [0.15, 0.2) is 0 Å². The van der Waals surface area contributed by atoms with Gasteiger partial charge in [0.25, 0.3) is 5.91 Å². The maximum atomic E-state index is 13.7. The Hall–Kier alpha value is -1.95. The number of hydrogen-bond donors (Lipinski definition) is 2. The van der Waals surface area contributed by atoms with Crippen molar-refractivity contribution in [2.75, 3.05) is 6.54 Å². The van der Waals surface area contributed by atoms with Crippen LogP contribution in [0.2, 0.25) is 0 Å². The summed E-state index contributed by atoms with van der Waals surface area (Å²) in [7, 11) is 0. The Morgan fingerprint density at radius 1 is 1.22 bits per heavy atom. The van der Waals surface area contributed by atoms with Crippen molar-refractivity contribution >= 4 is 11.9 Å². The molecule has 0 bridgehead atoms. The second-order valence-electron chi connectivity index (χ2n) is 5.97. The van der Waals surface area contributed by atoms with Gasteiger partial charge in [-0.15, -0.1) is 0 Å². The van der Waals surface area contributed by atoms with E-state index < -0.39 is 23.5 Å². The molecular weight excluding hydrogens is 299 g/mol. The molecule has 1 aliphatic heterocycles. The fourth-order valence-corrected chi connectivity index (χ4v) is 3.18.